The van der Waals surface area contributed by atoms with Crippen molar-refractivity contribution in [2.24, 2.45) is 0 Å². The molecule has 108 valence electrons. The second-order valence-electron chi connectivity index (χ2n) is 5.61. The van der Waals surface area contributed by atoms with E-state index in [9.17, 15) is 0 Å². The van der Waals surface area contributed by atoms with Gasteiger partial charge in [-0.3, -0.25) is 0 Å². The number of hydrogen-bond acceptors (Lipinski definition) is 2. The van der Waals surface area contributed by atoms with E-state index in [4.69, 9.17) is 21.6 Å². The zero-order chi connectivity index (χ0) is 15.1. The highest BCUT2D eigenvalue weighted by Gasteiger charge is 2.22. The third-order valence-corrected chi connectivity index (χ3v) is 4.37. The Labute approximate surface area is 134 Å². The summed E-state index contributed by atoms with van der Waals surface area (Å²) in [6.45, 7) is 1.95. The highest BCUT2D eigenvalue weighted by atomic mass is 35.5. The molecule has 0 N–H and O–H groups in total. The van der Waals surface area contributed by atoms with E-state index in [0.717, 1.165) is 40.6 Å². The minimum absolute atomic E-state index is 0.735. The number of halogens is 1. The van der Waals surface area contributed by atoms with Gasteiger partial charge in [-0.1, -0.05) is 48.0 Å². The van der Waals surface area contributed by atoms with Crippen molar-refractivity contribution < 1.29 is 0 Å². The fourth-order valence-corrected chi connectivity index (χ4v) is 3.35. The Bertz CT molecular complexity index is 871. The minimum atomic E-state index is 0.735. The summed E-state index contributed by atoms with van der Waals surface area (Å²) in [6, 6.07) is 16.4. The standard InChI is InChI=1S/C19H15ClN2/c1-12-21-18(14-6-4-7-15(20)11-14)17-10-9-13-5-2-3-8-16(13)19(17)22-12/h2-8,11H,9-10H2,1H3. The van der Waals surface area contributed by atoms with Crippen LogP contribution in [-0.4, -0.2) is 9.97 Å². The molecule has 0 atom stereocenters. The topological polar surface area (TPSA) is 25.8 Å². The van der Waals surface area contributed by atoms with Gasteiger partial charge < -0.3 is 0 Å². The molecule has 0 saturated carbocycles. The number of fused-ring (bicyclic) bond motifs is 3. The van der Waals surface area contributed by atoms with Gasteiger partial charge in [0.2, 0.25) is 0 Å². The number of nitrogens with zero attached hydrogens (tertiary/aromatic N) is 2. The van der Waals surface area contributed by atoms with Crippen LogP contribution in [0.25, 0.3) is 22.5 Å². The molecule has 0 spiro atoms. The zero-order valence-corrected chi connectivity index (χ0v) is 13.1. The fourth-order valence-electron chi connectivity index (χ4n) is 3.16. The summed E-state index contributed by atoms with van der Waals surface area (Å²) >= 11 is 6.16. The van der Waals surface area contributed by atoms with Crippen LogP contribution in [-0.2, 0) is 12.8 Å². The Hall–Kier alpha value is -2.19. The van der Waals surface area contributed by atoms with Crippen molar-refractivity contribution in [1.29, 1.82) is 0 Å². The molecule has 3 aromatic rings. The summed E-state index contributed by atoms with van der Waals surface area (Å²) in [4.78, 5) is 9.42. The number of aromatic nitrogens is 2. The van der Waals surface area contributed by atoms with Crippen molar-refractivity contribution in [2.45, 2.75) is 19.8 Å². The van der Waals surface area contributed by atoms with E-state index in [1.54, 1.807) is 0 Å². The Morgan fingerprint density at radius 3 is 2.59 bits per heavy atom. The lowest BCUT2D eigenvalue weighted by atomic mass is 9.87. The van der Waals surface area contributed by atoms with Crippen LogP contribution < -0.4 is 0 Å². The average molecular weight is 307 g/mol. The van der Waals surface area contributed by atoms with E-state index >= 15 is 0 Å². The van der Waals surface area contributed by atoms with Gasteiger partial charge in [-0.25, -0.2) is 9.97 Å². The van der Waals surface area contributed by atoms with E-state index in [0.29, 0.717) is 0 Å². The number of benzene rings is 2. The molecule has 3 heteroatoms. The van der Waals surface area contributed by atoms with Gasteiger partial charge in [0.05, 0.1) is 11.4 Å². The maximum absolute atomic E-state index is 6.16. The smallest absolute Gasteiger partial charge is 0.126 e. The molecular weight excluding hydrogens is 292 g/mol. The first-order valence-corrected chi connectivity index (χ1v) is 7.82. The first kappa shape index (κ1) is 13.5. The lowest BCUT2D eigenvalue weighted by Gasteiger charge is -2.21. The van der Waals surface area contributed by atoms with Crippen LogP contribution >= 0.6 is 11.6 Å². The van der Waals surface area contributed by atoms with Gasteiger partial charge >= 0.3 is 0 Å². The molecule has 0 aliphatic heterocycles. The van der Waals surface area contributed by atoms with E-state index in [2.05, 4.69) is 30.3 Å². The molecule has 1 aliphatic carbocycles. The van der Waals surface area contributed by atoms with Crippen molar-refractivity contribution in [2.75, 3.05) is 0 Å². The molecule has 1 heterocycles. The maximum Gasteiger partial charge on any atom is 0.126 e. The molecule has 0 fully saturated rings. The largest absolute Gasteiger partial charge is 0.233 e. The van der Waals surface area contributed by atoms with Crippen molar-refractivity contribution in [1.82, 2.24) is 9.97 Å². The molecule has 0 radical (unpaired) electrons. The van der Waals surface area contributed by atoms with Crippen molar-refractivity contribution >= 4 is 11.6 Å². The summed E-state index contributed by atoms with van der Waals surface area (Å²) in [7, 11) is 0. The lowest BCUT2D eigenvalue weighted by molar-refractivity contribution is 0.900. The Morgan fingerprint density at radius 1 is 0.909 bits per heavy atom. The highest BCUT2D eigenvalue weighted by molar-refractivity contribution is 6.30. The van der Waals surface area contributed by atoms with E-state index in [-0.39, 0.29) is 0 Å². The van der Waals surface area contributed by atoms with Crippen LogP contribution in [0.15, 0.2) is 48.5 Å². The molecule has 0 amide bonds. The molecule has 22 heavy (non-hydrogen) atoms. The van der Waals surface area contributed by atoms with Gasteiger partial charge in [-0.15, -0.1) is 0 Å². The summed E-state index contributed by atoms with van der Waals surface area (Å²) in [5.41, 5.74) is 6.98. The lowest BCUT2D eigenvalue weighted by Crippen LogP contribution is -2.10. The molecule has 1 aromatic heterocycles. The van der Waals surface area contributed by atoms with Crippen molar-refractivity contribution in [3.63, 3.8) is 0 Å². The summed E-state index contributed by atoms with van der Waals surface area (Å²) in [6.07, 6.45) is 2.00. The Morgan fingerprint density at radius 2 is 1.73 bits per heavy atom. The average Bonchev–Trinajstić information content (AvgIpc) is 2.54. The van der Waals surface area contributed by atoms with E-state index in [1.807, 2.05) is 25.1 Å². The van der Waals surface area contributed by atoms with Gasteiger partial charge in [-0.2, -0.15) is 0 Å². The molecule has 0 unspecified atom stereocenters. The Balaban J connectivity index is 1.99. The summed E-state index contributed by atoms with van der Waals surface area (Å²) in [5.74, 6) is 0.797. The normalized spacial score (nSPS) is 12.6. The first-order valence-electron chi connectivity index (χ1n) is 7.44. The molecule has 0 saturated heterocycles. The molecule has 0 bridgehead atoms. The van der Waals surface area contributed by atoms with E-state index < -0.39 is 0 Å². The highest BCUT2D eigenvalue weighted by Crippen LogP contribution is 2.37. The number of rotatable bonds is 1. The van der Waals surface area contributed by atoms with Crippen molar-refractivity contribution in [3.8, 4) is 22.5 Å². The first-order chi connectivity index (χ1) is 10.7. The Kier molecular flexibility index (Phi) is 3.20. The van der Waals surface area contributed by atoms with Crippen LogP contribution in [0, 0.1) is 6.92 Å². The van der Waals surface area contributed by atoms with Crippen LogP contribution in [0.3, 0.4) is 0 Å². The monoisotopic (exact) mass is 306 g/mol. The SMILES string of the molecule is Cc1nc(-c2cccc(Cl)c2)c2c(n1)-c1ccccc1CC2. The molecule has 2 aromatic carbocycles. The summed E-state index contributed by atoms with van der Waals surface area (Å²) in [5, 5.41) is 0.735. The fraction of sp³-hybridized carbons (Fsp3) is 0.158. The van der Waals surface area contributed by atoms with Gasteiger partial charge in [0.1, 0.15) is 5.82 Å². The maximum atomic E-state index is 6.16. The predicted molar refractivity (Wildman–Crippen MR) is 90.1 cm³/mol. The number of hydrogen-bond donors (Lipinski definition) is 0. The third kappa shape index (κ3) is 2.20. The van der Waals surface area contributed by atoms with Crippen LogP contribution in [0.4, 0.5) is 0 Å². The minimum Gasteiger partial charge on any atom is -0.233 e. The van der Waals surface area contributed by atoms with Gasteiger partial charge in [0, 0.05) is 21.7 Å². The predicted octanol–water partition coefficient (Wildman–Crippen LogP) is 4.87. The zero-order valence-electron chi connectivity index (χ0n) is 12.3. The van der Waals surface area contributed by atoms with Crippen LogP contribution in [0.2, 0.25) is 5.02 Å². The molecule has 1 aliphatic rings. The van der Waals surface area contributed by atoms with Gasteiger partial charge in [-0.05, 0) is 37.5 Å². The van der Waals surface area contributed by atoms with Crippen molar-refractivity contribution in [3.05, 3.63) is 70.5 Å². The second-order valence-corrected chi connectivity index (χ2v) is 6.05. The van der Waals surface area contributed by atoms with Crippen LogP contribution in [0.5, 0.6) is 0 Å². The molecule has 4 rings (SSSR count). The quantitative estimate of drug-likeness (QED) is 0.641. The van der Waals surface area contributed by atoms with Gasteiger partial charge in [0.15, 0.2) is 0 Å². The number of aryl methyl sites for hydroxylation is 2. The van der Waals surface area contributed by atoms with E-state index in [1.165, 1.54) is 16.7 Å². The summed E-state index contributed by atoms with van der Waals surface area (Å²) < 4.78 is 0. The molecular formula is C19H15ClN2. The van der Waals surface area contributed by atoms with Crippen LogP contribution in [0.1, 0.15) is 17.0 Å². The third-order valence-electron chi connectivity index (χ3n) is 4.13. The molecule has 2 nitrogen and oxygen atoms in total. The second kappa shape index (κ2) is 5.22. The van der Waals surface area contributed by atoms with Gasteiger partial charge in [0.25, 0.3) is 0 Å².